The maximum absolute atomic E-state index is 14.2. The number of nitrogens with zero attached hydrogens (tertiary/aromatic N) is 5. The van der Waals surface area contributed by atoms with Gasteiger partial charge >= 0.3 is 30.4 Å². The van der Waals surface area contributed by atoms with Crippen LogP contribution in [0.1, 0.15) is 48.4 Å². The number of carbonyl (C=O) groups is 6. The molecule has 0 radical (unpaired) electrons. The number of aliphatic carboxylic acids is 1. The summed E-state index contributed by atoms with van der Waals surface area (Å²) in [5, 5.41) is 14.5. The maximum Gasteiger partial charge on any atom is 0.416 e. The number of amides is 7. The Balaban J connectivity index is 1.04. The van der Waals surface area contributed by atoms with Crippen LogP contribution in [-0.4, -0.2) is 101 Å². The minimum Gasteiger partial charge on any atom is -0.481 e. The van der Waals surface area contributed by atoms with Crippen molar-refractivity contribution in [3.8, 4) is 0 Å². The lowest BCUT2D eigenvalue weighted by Crippen LogP contribution is -2.47. The molecule has 15 nitrogen and oxygen atoms in total. The van der Waals surface area contributed by atoms with Crippen LogP contribution in [0.3, 0.4) is 0 Å². The van der Waals surface area contributed by atoms with E-state index in [2.05, 4.69) is 10.6 Å². The number of carbonyl (C=O) groups excluding carboxylic acids is 5. The summed E-state index contributed by atoms with van der Waals surface area (Å²) in [5.74, 6) is -2.70. The van der Waals surface area contributed by atoms with Crippen LogP contribution in [0.15, 0.2) is 95.3 Å². The molecule has 3 aromatic rings. The molecule has 4 aliphatic rings. The molecule has 0 spiro atoms. The van der Waals surface area contributed by atoms with Gasteiger partial charge in [-0.15, -0.1) is 0 Å². The summed E-state index contributed by atoms with van der Waals surface area (Å²) in [7, 11) is 0. The van der Waals surface area contributed by atoms with E-state index >= 15 is 0 Å². The largest absolute Gasteiger partial charge is 0.481 e. The van der Waals surface area contributed by atoms with Gasteiger partial charge in [0.25, 0.3) is 11.8 Å². The molecule has 0 saturated carbocycles. The number of nitrogens with one attached hydrogen (secondary N) is 2. The zero-order valence-electron chi connectivity index (χ0n) is 33.3. The van der Waals surface area contributed by atoms with E-state index in [0.717, 1.165) is 46.2 Å². The van der Waals surface area contributed by atoms with Gasteiger partial charge in [-0.1, -0.05) is 24.3 Å². The molecule has 21 heteroatoms. The van der Waals surface area contributed by atoms with E-state index in [-0.39, 0.29) is 99.0 Å². The maximum atomic E-state index is 14.2. The van der Waals surface area contributed by atoms with Crippen molar-refractivity contribution in [1.29, 1.82) is 0 Å². The Bertz CT molecular complexity index is 2420. The number of alkyl halides is 6. The van der Waals surface area contributed by atoms with E-state index in [0.29, 0.717) is 11.3 Å². The number of nitrogen functional groups attached to an aromatic ring is 1. The van der Waals surface area contributed by atoms with E-state index in [1.807, 2.05) is 0 Å². The highest BCUT2D eigenvalue weighted by Crippen LogP contribution is 2.41. The third-order valence-corrected chi connectivity index (χ3v) is 11.1. The normalized spacial score (nSPS) is 17.9. The molecule has 0 bridgehead atoms. The van der Waals surface area contributed by atoms with Crippen LogP contribution < -0.4 is 26.2 Å². The second-order valence-electron chi connectivity index (χ2n) is 15.2. The Morgan fingerprint density at radius 1 is 0.730 bits per heavy atom. The Morgan fingerprint density at radius 2 is 1.27 bits per heavy atom. The highest BCUT2D eigenvalue weighted by molar-refractivity contribution is 6.08. The van der Waals surface area contributed by atoms with Crippen LogP contribution in [-0.2, 0) is 31.5 Å². The SMILES string of the molecule is Nc1ccc(C2NC(=O)N(c3cccc(C(F)(F)F)c3)C3=C2C(=O)N(CCCN(CCCN2CC4=C(CNC(=O)N4c4cccc(C(F)(F)F)c4)C2=O)C(=O)CCC(=O)O)C3)cc1. The molecular formula is C42H40F6N8O7. The van der Waals surface area contributed by atoms with Crippen molar-refractivity contribution in [2.75, 3.05) is 61.3 Å². The van der Waals surface area contributed by atoms with Gasteiger partial charge in [0.2, 0.25) is 5.91 Å². The average molecular weight is 883 g/mol. The van der Waals surface area contributed by atoms with Crippen LogP contribution >= 0.6 is 0 Å². The van der Waals surface area contributed by atoms with Gasteiger partial charge in [0.1, 0.15) is 0 Å². The number of urea groups is 2. The number of nitrogens with two attached hydrogens (primary N) is 1. The summed E-state index contributed by atoms with van der Waals surface area (Å²) in [5.41, 5.74) is 5.29. The minimum atomic E-state index is -4.72. The van der Waals surface area contributed by atoms with E-state index in [4.69, 9.17) is 5.73 Å². The molecule has 0 aromatic heterocycles. The van der Waals surface area contributed by atoms with Gasteiger partial charge in [0, 0.05) is 38.3 Å². The van der Waals surface area contributed by atoms with Crippen molar-refractivity contribution >= 4 is 52.8 Å². The highest BCUT2D eigenvalue weighted by atomic mass is 19.4. The molecule has 4 aliphatic heterocycles. The summed E-state index contributed by atoms with van der Waals surface area (Å²) >= 11 is 0. The first-order valence-electron chi connectivity index (χ1n) is 19.7. The molecule has 0 fully saturated rings. The molecular weight excluding hydrogens is 842 g/mol. The Labute approximate surface area is 355 Å². The van der Waals surface area contributed by atoms with E-state index in [9.17, 15) is 60.2 Å². The van der Waals surface area contributed by atoms with Crippen molar-refractivity contribution in [1.82, 2.24) is 25.3 Å². The van der Waals surface area contributed by atoms with Crippen LogP contribution in [0.4, 0.5) is 53.0 Å². The van der Waals surface area contributed by atoms with Gasteiger partial charge in [-0.3, -0.25) is 29.0 Å². The number of anilines is 3. The third-order valence-electron chi connectivity index (χ3n) is 11.1. The Hall–Kier alpha value is -7.06. The van der Waals surface area contributed by atoms with Crippen molar-refractivity contribution in [2.24, 2.45) is 0 Å². The molecule has 7 amide bonds. The fourth-order valence-corrected chi connectivity index (χ4v) is 8.03. The lowest BCUT2D eigenvalue weighted by molar-refractivity contribution is -0.141. The van der Waals surface area contributed by atoms with Crippen molar-refractivity contribution in [3.63, 3.8) is 0 Å². The predicted octanol–water partition coefficient (Wildman–Crippen LogP) is 5.47. The lowest BCUT2D eigenvalue weighted by atomic mass is 9.95. The standard InChI is InChI=1S/C42H40F6N8O7/c43-41(44,45)25-5-1-7-28(19-25)55-31-22-53(37(60)30(31)21-50-39(55)62)17-3-15-52(33(57)13-14-34(58)59)16-4-18-54-23-32-35(38(54)61)36(24-9-11-27(49)12-10-24)51-40(63)56(32)29-8-2-6-26(20-29)42(46,47)48/h1-2,5-12,19-20,36H,3-4,13-18,21-23,49H2,(H,50,62)(H,51,63)(H,58,59). The molecule has 3 aromatic carbocycles. The smallest absolute Gasteiger partial charge is 0.416 e. The van der Waals surface area contributed by atoms with E-state index < -0.39 is 71.7 Å². The predicted molar refractivity (Wildman–Crippen MR) is 213 cm³/mol. The molecule has 0 saturated heterocycles. The molecule has 1 atom stereocenters. The number of benzene rings is 3. The van der Waals surface area contributed by atoms with Crippen LogP contribution in [0.5, 0.6) is 0 Å². The summed E-state index contributed by atoms with van der Waals surface area (Å²) in [6, 6.07) is 12.2. The van der Waals surface area contributed by atoms with E-state index in [1.165, 1.54) is 26.8 Å². The number of rotatable bonds is 14. The van der Waals surface area contributed by atoms with Gasteiger partial charge < -0.3 is 36.2 Å². The lowest BCUT2D eigenvalue weighted by Gasteiger charge is -2.34. The number of halogens is 6. The summed E-state index contributed by atoms with van der Waals surface area (Å²) < 4.78 is 81.7. The van der Waals surface area contributed by atoms with Crippen LogP contribution in [0, 0.1) is 0 Å². The topological polar surface area (TPSA) is 189 Å². The molecule has 63 heavy (non-hydrogen) atoms. The molecule has 7 rings (SSSR count). The zero-order chi connectivity index (χ0) is 45.4. The van der Waals surface area contributed by atoms with Crippen LogP contribution in [0.25, 0.3) is 0 Å². The summed E-state index contributed by atoms with van der Waals surface area (Å²) in [6.45, 7) is -0.292. The molecule has 0 aliphatic carbocycles. The van der Waals surface area contributed by atoms with Gasteiger partial charge in [-0.25, -0.2) is 9.59 Å². The summed E-state index contributed by atoms with van der Waals surface area (Å²) in [4.78, 5) is 85.1. The molecule has 4 heterocycles. The van der Waals surface area contributed by atoms with Crippen molar-refractivity contribution < 1.29 is 60.2 Å². The van der Waals surface area contributed by atoms with Gasteiger partial charge in [0.15, 0.2) is 0 Å². The number of carboxylic acids is 1. The van der Waals surface area contributed by atoms with Gasteiger partial charge in [-0.2, -0.15) is 26.3 Å². The minimum absolute atomic E-state index is 0.0152. The Morgan fingerprint density at radius 3 is 1.83 bits per heavy atom. The first-order valence-corrected chi connectivity index (χ1v) is 19.7. The molecule has 332 valence electrons. The average Bonchev–Trinajstić information content (AvgIpc) is 3.73. The highest BCUT2D eigenvalue weighted by Gasteiger charge is 2.45. The quantitative estimate of drug-likeness (QED) is 0.121. The molecule has 1 unspecified atom stereocenters. The van der Waals surface area contributed by atoms with Crippen molar-refractivity contribution in [3.05, 3.63) is 112 Å². The number of hydrogen-bond donors (Lipinski definition) is 4. The Kier molecular flexibility index (Phi) is 12.1. The van der Waals surface area contributed by atoms with Crippen LogP contribution in [0.2, 0.25) is 0 Å². The first kappa shape index (κ1) is 44.0. The number of carboxylic acid groups (broad SMARTS) is 1. The van der Waals surface area contributed by atoms with Crippen molar-refractivity contribution in [2.45, 2.75) is 44.1 Å². The van der Waals surface area contributed by atoms with Gasteiger partial charge in [-0.05, 0) is 66.9 Å². The van der Waals surface area contributed by atoms with Gasteiger partial charge in [0.05, 0.1) is 77.1 Å². The monoisotopic (exact) mass is 882 g/mol. The summed E-state index contributed by atoms with van der Waals surface area (Å²) in [6.07, 6.45) is -9.88. The fourth-order valence-electron chi connectivity index (χ4n) is 8.03. The second-order valence-corrected chi connectivity index (χ2v) is 15.2. The first-order chi connectivity index (χ1) is 29.8. The fraction of sp³-hybridized carbons (Fsp3) is 0.333. The number of hydrogen-bond acceptors (Lipinski definition) is 7. The zero-order valence-corrected chi connectivity index (χ0v) is 33.3. The third kappa shape index (κ3) is 9.26. The second kappa shape index (κ2) is 17.4. The van der Waals surface area contributed by atoms with E-state index in [1.54, 1.807) is 24.3 Å². The molecule has 5 N–H and O–H groups in total.